The molecule has 3 rings (SSSR count). The second-order valence-electron chi connectivity index (χ2n) is 5.59. The van der Waals surface area contributed by atoms with Gasteiger partial charge in [0.2, 0.25) is 0 Å². The van der Waals surface area contributed by atoms with Gasteiger partial charge in [0.1, 0.15) is 6.04 Å². The average Bonchev–Trinajstić information content (AvgIpc) is 3.15. The number of carbonyl (C=O) groups excluding carboxylic acids is 1. The molecule has 1 aliphatic heterocycles. The highest BCUT2D eigenvalue weighted by molar-refractivity contribution is 5.83. The summed E-state index contributed by atoms with van der Waals surface area (Å²) in [6.45, 7) is 2.23. The molecule has 2 unspecified atom stereocenters. The van der Waals surface area contributed by atoms with Crippen LogP contribution in [0.2, 0.25) is 0 Å². The number of hydrogen-bond donors (Lipinski definition) is 3. The molecule has 0 spiro atoms. The molecule has 0 bridgehead atoms. The van der Waals surface area contributed by atoms with E-state index in [9.17, 15) is 14.7 Å². The number of hydrogen-bond acceptors (Lipinski definition) is 3. The molecule has 7 nitrogen and oxygen atoms in total. The van der Waals surface area contributed by atoms with Crippen LogP contribution in [0.4, 0.5) is 4.79 Å². The van der Waals surface area contributed by atoms with Crippen LogP contribution in [0, 0.1) is 5.92 Å². The number of nitrogens with one attached hydrogen (secondary N) is 2. The summed E-state index contributed by atoms with van der Waals surface area (Å²) in [6.07, 6.45) is 4.06. The van der Waals surface area contributed by atoms with Crippen LogP contribution >= 0.6 is 0 Å². The minimum absolute atomic E-state index is 0.0973. The number of rotatable bonds is 3. The van der Waals surface area contributed by atoms with Gasteiger partial charge in [0.15, 0.2) is 0 Å². The van der Waals surface area contributed by atoms with Gasteiger partial charge in [-0.1, -0.05) is 0 Å². The van der Waals surface area contributed by atoms with Crippen LogP contribution in [0.15, 0.2) is 6.33 Å². The Morgan fingerprint density at radius 1 is 1.55 bits per heavy atom. The minimum atomic E-state index is -0.993. The smallest absolute Gasteiger partial charge is 0.326 e. The summed E-state index contributed by atoms with van der Waals surface area (Å²) < 4.78 is 0. The molecule has 2 heterocycles. The van der Waals surface area contributed by atoms with Gasteiger partial charge in [-0.25, -0.2) is 14.6 Å². The van der Waals surface area contributed by atoms with Gasteiger partial charge in [0, 0.05) is 12.5 Å². The maximum Gasteiger partial charge on any atom is 0.326 e. The molecule has 20 heavy (non-hydrogen) atoms. The minimum Gasteiger partial charge on any atom is -0.480 e. The van der Waals surface area contributed by atoms with Crippen molar-refractivity contribution in [2.75, 3.05) is 0 Å². The number of nitrogens with zero attached hydrogens (tertiary/aromatic N) is 2. The summed E-state index contributed by atoms with van der Waals surface area (Å²) >= 11 is 0. The van der Waals surface area contributed by atoms with E-state index in [0.717, 1.165) is 24.2 Å². The summed E-state index contributed by atoms with van der Waals surface area (Å²) in [6, 6.07) is -1.06. The molecule has 1 aliphatic carbocycles. The second kappa shape index (κ2) is 4.81. The van der Waals surface area contributed by atoms with Crippen LogP contribution < -0.4 is 5.32 Å². The second-order valence-corrected chi connectivity index (χ2v) is 5.59. The lowest BCUT2D eigenvalue weighted by molar-refractivity contribution is -0.142. The summed E-state index contributed by atoms with van der Waals surface area (Å²) in [5.41, 5.74) is 1.55. The van der Waals surface area contributed by atoms with Crippen molar-refractivity contribution in [3.63, 3.8) is 0 Å². The maximum atomic E-state index is 12.3. The Kier molecular flexibility index (Phi) is 3.11. The predicted octanol–water partition coefficient (Wildman–Crippen LogP) is 0.729. The highest BCUT2D eigenvalue weighted by Gasteiger charge is 2.37. The van der Waals surface area contributed by atoms with E-state index in [2.05, 4.69) is 15.3 Å². The van der Waals surface area contributed by atoms with Gasteiger partial charge < -0.3 is 20.3 Å². The number of amides is 2. The van der Waals surface area contributed by atoms with E-state index in [0.29, 0.717) is 5.92 Å². The van der Waals surface area contributed by atoms with E-state index in [1.165, 1.54) is 11.2 Å². The number of imidazole rings is 1. The molecule has 3 N–H and O–H groups in total. The molecule has 0 saturated heterocycles. The van der Waals surface area contributed by atoms with E-state index < -0.39 is 12.0 Å². The molecule has 2 aliphatic rings. The van der Waals surface area contributed by atoms with Crippen LogP contribution in [-0.4, -0.2) is 44.1 Å². The summed E-state index contributed by atoms with van der Waals surface area (Å²) in [4.78, 5) is 32.1. The molecule has 7 heteroatoms. The summed E-state index contributed by atoms with van der Waals surface area (Å²) in [5.74, 6) is -0.456. The number of carbonyl (C=O) groups is 2. The molecule has 108 valence electrons. The zero-order valence-electron chi connectivity index (χ0n) is 11.3. The first-order valence-electron chi connectivity index (χ1n) is 6.87. The van der Waals surface area contributed by atoms with Crippen molar-refractivity contribution >= 4 is 12.0 Å². The Morgan fingerprint density at radius 2 is 2.30 bits per heavy atom. The Balaban J connectivity index is 1.75. The topological polar surface area (TPSA) is 98.3 Å². The Morgan fingerprint density at radius 3 is 2.95 bits per heavy atom. The zero-order valence-corrected chi connectivity index (χ0v) is 11.3. The van der Waals surface area contributed by atoms with Gasteiger partial charge in [0.25, 0.3) is 0 Å². The highest BCUT2D eigenvalue weighted by atomic mass is 16.4. The molecule has 1 aromatic rings. The van der Waals surface area contributed by atoms with E-state index in [4.69, 9.17) is 0 Å². The third kappa shape index (κ3) is 2.35. The fourth-order valence-corrected chi connectivity index (χ4v) is 2.66. The van der Waals surface area contributed by atoms with E-state index in [1.54, 1.807) is 0 Å². The normalized spacial score (nSPS) is 23.1. The van der Waals surface area contributed by atoms with E-state index in [-0.39, 0.29) is 25.0 Å². The van der Waals surface area contributed by atoms with Crippen LogP contribution in [0.3, 0.4) is 0 Å². The molecular weight excluding hydrogens is 260 g/mol. The number of urea groups is 1. The van der Waals surface area contributed by atoms with Crippen molar-refractivity contribution in [1.82, 2.24) is 20.2 Å². The number of H-pyrrole nitrogens is 1. The van der Waals surface area contributed by atoms with E-state index in [1.807, 2.05) is 6.92 Å². The highest BCUT2D eigenvalue weighted by Crippen LogP contribution is 2.32. The lowest BCUT2D eigenvalue weighted by atomic mass is 10.0. The Hall–Kier alpha value is -2.05. The standard InChI is InChI=1S/C13H18N4O3/c1-7(8-2-3-8)16-13(20)17-5-10-9(14-6-15-10)4-11(17)12(18)19/h6-8,11H,2-5H2,1H3,(H,14,15)(H,16,20)(H,18,19). The molecule has 1 saturated carbocycles. The van der Waals surface area contributed by atoms with Crippen molar-refractivity contribution < 1.29 is 14.7 Å². The third-order valence-corrected chi connectivity index (χ3v) is 4.13. The van der Waals surface area contributed by atoms with Gasteiger partial charge >= 0.3 is 12.0 Å². The van der Waals surface area contributed by atoms with Gasteiger partial charge in [-0.3, -0.25) is 0 Å². The van der Waals surface area contributed by atoms with Gasteiger partial charge in [-0.05, 0) is 25.7 Å². The average molecular weight is 278 g/mol. The lowest BCUT2D eigenvalue weighted by Crippen LogP contribution is -2.54. The van der Waals surface area contributed by atoms with Crippen molar-refractivity contribution in [2.45, 2.75) is 44.8 Å². The summed E-state index contributed by atoms with van der Waals surface area (Å²) in [5, 5.41) is 12.2. The van der Waals surface area contributed by atoms with Gasteiger partial charge in [-0.2, -0.15) is 0 Å². The number of carboxylic acid groups (broad SMARTS) is 1. The fourth-order valence-electron chi connectivity index (χ4n) is 2.66. The monoisotopic (exact) mass is 278 g/mol. The quantitative estimate of drug-likeness (QED) is 0.759. The first-order valence-corrected chi connectivity index (χ1v) is 6.87. The van der Waals surface area contributed by atoms with Crippen LogP contribution in [0.25, 0.3) is 0 Å². The molecular formula is C13H18N4O3. The molecule has 1 fully saturated rings. The maximum absolute atomic E-state index is 12.3. The molecule has 1 aromatic heterocycles. The SMILES string of the molecule is CC(NC(=O)N1Cc2[nH]cnc2CC1C(=O)O)C1CC1. The van der Waals surface area contributed by atoms with Crippen LogP contribution in [-0.2, 0) is 17.8 Å². The molecule has 2 atom stereocenters. The number of carboxylic acids is 1. The van der Waals surface area contributed by atoms with Crippen molar-refractivity contribution in [3.8, 4) is 0 Å². The van der Waals surface area contributed by atoms with Crippen molar-refractivity contribution in [3.05, 3.63) is 17.7 Å². The van der Waals surface area contributed by atoms with Gasteiger partial charge in [0.05, 0.1) is 24.3 Å². The van der Waals surface area contributed by atoms with Crippen LogP contribution in [0.1, 0.15) is 31.2 Å². The van der Waals surface area contributed by atoms with E-state index >= 15 is 0 Å². The molecule has 0 radical (unpaired) electrons. The number of aromatic amines is 1. The number of fused-ring (bicyclic) bond motifs is 1. The summed E-state index contributed by atoms with van der Waals surface area (Å²) in [7, 11) is 0. The Labute approximate surface area is 116 Å². The predicted molar refractivity (Wildman–Crippen MR) is 70.0 cm³/mol. The van der Waals surface area contributed by atoms with Crippen molar-refractivity contribution in [1.29, 1.82) is 0 Å². The Bertz CT molecular complexity index is 537. The first-order chi connectivity index (χ1) is 9.56. The van der Waals surface area contributed by atoms with Gasteiger partial charge in [-0.15, -0.1) is 0 Å². The zero-order chi connectivity index (χ0) is 14.3. The molecule has 0 aromatic carbocycles. The number of aromatic nitrogens is 2. The van der Waals surface area contributed by atoms with Crippen molar-refractivity contribution in [2.24, 2.45) is 5.92 Å². The number of aliphatic carboxylic acids is 1. The molecule has 2 amide bonds. The fraction of sp³-hybridized carbons (Fsp3) is 0.615. The first kappa shape index (κ1) is 13.0. The lowest BCUT2D eigenvalue weighted by Gasteiger charge is -2.33. The largest absolute Gasteiger partial charge is 0.480 e. The van der Waals surface area contributed by atoms with Crippen LogP contribution in [0.5, 0.6) is 0 Å². The third-order valence-electron chi connectivity index (χ3n) is 4.13.